The first-order valence-corrected chi connectivity index (χ1v) is 8.91. The van der Waals surface area contributed by atoms with Gasteiger partial charge in [-0.25, -0.2) is 13.1 Å². The number of amides is 1. The summed E-state index contributed by atoms with van der Waals surface area (Å²) in [4.78, 5) is 12.4. The van der Waals surface area contributed by atoms with Crippen molar-refractivity contribution in [1.29, 1.82) is 0 Å². The van der Waals surface area contributed by atoms with E-state index >= 15 is 0 Å². The third kappa shape index (κ3) is 4.91. The second kappa shape index (κ2) is 8.10. The van der Waals surface area contributed by atoms with Gasteiger partial charge in [-0.05, 0) is 50.9 Å². The minimum atomic E-state index is -3.43. The fourth-order valence-corrected chi connectivity index (χ4v) is 3.45. The molecule has 1 aliphatic rings. The number of sulfonamides is 1. The molecular formula is C15H24ClN3O3S. The normalized spacial score (nSPS) is 22.2. The average Bonchev–Trinajstić information content (AvgIpc) is 2.94. The lowest BCUT2D eigenvalue weighted by Gasteiger charge is -2.18. The molecule has 3 atom stereocenters. The van der Waals surface area contributed by atoms with E-state index in [0.717, 1.165) is 24.8 Å². The molecular weight excluding hydrogens is 338 g/mol. The summed E-state index contributed by atoms with van der Waals surface area (Å²) in [7, 11) is -2.06. The molecule has 0 bridgehead atoms. The monoisotopic (exact) mass is 361 g/mol. The number of benzene rings is 1. The van der Waals surface area contributed by atoms with Crippen LogP contribution in [-0.4, -0.2) is 27.4 Å². The first kappa shape index (κ1) is 19.9. The van der Waals surface area contributed by atoms with E-state index in [-0.39, 0.29) is 41.2 Å². The van der Waals surface area contributed by atoms with Crippen molar-refractivity contribution >= 4 is 28.3 Å². The molecule has 0 saturated heterocycles. The van der Waals surface area contributed by atoms with Gasteiger partial charge in [-0.3, -0.25) is 4.79 Å². The van der Waals surface area contributed by atoms with Gasteiger partial charge < -0.3 is 11.1 Å². The Kier molecular flexibility index (Phi) is 7.01. The standard InChI is InChI=1S/C15H23N3O3S.ClH/c1-10(18-15(19)12-3-6-13(16)9-12)11-4-7-14(8-5-11)22(20,21)17-2;/h4-5,7-8,10,12-13,17H,3,6,9,16H2,1-2H3,(H,18,19);1H. The van der Waals surface area contributed by atoms with Gasteiger partial charge in [0.25, 0.3) is 0 Å². The Morgan fingerprint density at radius 1 is 1.26 bits per heavy atom. The molecule has 1 amide bonds. The second-order valence-corrected chi connectivity index (χ2v) is 7.66. The largest absolute Gasteiger partial charge is 0.349 e. The highest BCUT2D eigenvalue weighted by atomic mass is 35.5. The van der Waals surface area contributed by atoms with Gasteiger partial charge in [0.05, 0.1) is 10.9 Å². The molecule has 1 saturated carbocycles. The lowest BCUT2D eigenvalue weighted by atomic mass is 10.0. The van der Waals surface area contributed by atoms with Crippen LogP contribution in [0.25, 0.3) is 0 Å². The molecule has 1 aliphatic carbocycles. The van der Waals surface area contributed by atoms with E-state index in [0.29, 0.717) is 0 Å². The van der Waals surface area contributed by atoms with E-state index in [4.69, 9.17) is 5.73 Å². The van der Waals surface area contributed by atoms with E-state index < -0.39 is 10.0 Å². The number of hydrogen-bond acceptors (Lipinski definition) is 4. The Morgan fingerprint density at radius 3 is 2.35 bits per heavy atom. The lowest BCUT2D eigenvalue weighted by molar-refractivity contribution is -0.125. The molecule has 0 heterocycles. The van der Waals surface area contributed by atoms with E-state index in [9.17, 15) is 13.2 Å². The number of nitrogens with two attached hydrogens (primary N) is 1. The van der Waals surface area contributed by atoms with Gasteiger partial charge in [-0.15, -0.1) is 12.4 Å². The van der Waals surface area contributed by atoms with Crippen molar-refractivity contribution in [2.24, 2.45) is 11.7 Å². The van der Waals surface area contributed by atoms with Crippen molar-refractivity contribution in [2.45, 2.75) is 43.2 Å². The third-order valence-corrected chi connectivity index (χ3v) is 5.59. The number of halogens is 1. The first-order chi connectivity index (χ1) is 10.3. The van der Waals surface area contributed by atoms with E-state index in [1.54, 1.807) is 12.1 Å². The van der Waals surface area contributed by atoms with E-state index in [1.165, 1.54) is 19.2 Å². The zero-order valence-corrected chi connectivity index (χ0v) is 14.9. The summed E-state index contributed by atoms with van der Waals surface area (Å²) in [6.45, 7) is 1.88. The Labute approximate surface area is 143 Å². The summed E-state index contributed by atoms with van der Waals surface area (Å²) < 4.78 is 25.6. The summed E-state index contributed by atoms with van der Waals surface area (Å²) in [6, 6.07) is 6.46. The number of nitrogens with one attached hydrogen (secondary N) is 2. The molecule has 130 valence electrons. The van der Waals surface area contributed by atoms with Gasteiger partial charge in [0.2, 0.25) is 15.9 Å². The van der Waals surface area contributed by atoms with Crippen LogP contribution in [-0.2, 0) is 14.8 Å². The van der Waals surface area contributed by atoms with Crippen molar-refractivity contribution in [3.8, 4) is 0 Å². The third-order valence-electron chi connectivity index (χ3n) is 4.16. The molecule has 0 radical (unpaired) electrons. The highest BCUT2D eigenvalue weighted by Gasteiger charge is 2.28. The fraction of sp³-hybridized carbons (Fsp3) is 0.533. The van der Waals surface area contributed by atoms with Gasteiger partial charge >= 0.3 is 0 Å². The summed E-state index contributed by atoms with van der Waals surface area (Å²) in [6.07, 6.45) is 2.46. The van der Waals surface area contributed by atoms with E-state index in [2.05, 4.69) is 10.0 Å². The van der Waals surface area contributed by atoms with Gasteiger partial charge in [0.1, 0.15) is 0 Å². The molecule has 8 heteroatoms. The fourth-order valence-electron chi connectivity index (χ4n) is 2.72. The zero-order valence-electron chi connectivity index (χ0n) is 13.3. The van der Waals surface area contributed by atoms with Crippen molar-refractivity contribution in [2.75, 3.05) is 7.05 Å². The maximum atomic E-state index is 12.2. The molecule has 2 rings (SSSR count). The van der Waals surface area contributed by atoms with Crippen LogP contribution < -0.4 is 15.8 Å². The molecule has 0 aliphatic heterocycles. The maximum absolute atomic E-state index is 12.2. The zero-order chi connectivity index (χ0) is 16.3. The smallest absolute Gasteiger partial charge is 0.240 e. The average molecular weight is 362 g/mol. The number of rotatable bonds is 5. The highest BCUT2D eigenvalue weighted by Crippen LogP contribution is 2.25. The minimum Gasteiger partial charge on any atom is -0.349 e. The van der Waals surface area contributed by atoms with Gasteiger partial charge in [0.15, 0.2) is 0 Å². The molecule has 1 aromatic rings. The number of carbonyl (C=O) groups excluding carboxylic acids is 1. The van der Waals surface area contributed by atoms with Crippen LogP contribution in [0, 0.1) is 5.92 Å². The molecule has 0 aromatic heterocycles. The second-order valence-electron chi connectivity index (χ2n) is 5.78. The quantitative estimate of drug-likeness (QED) is 0.736. The van der Waals surface area contributed by atoms with Crippen LogP contribution in [0.15, 0.2) is 29.2 Å². The van der Waals surface area contributed by atoms with Crippen molar-refractivity contribution in [3.63, 3.8) is 0 Å². The van der Waals surface area contributed by atoms with E-state index in [1.807, 2.05) is 6.92 Å². The first-order valence-electron chi connectivity index (χ1n) is 7.43. The number of carbonyl (C=O) groups is 1. The Morgan fingerprint density at radius 2 is 1.87 bits per heavy atom. The van der Waals surface area contributed by atoms with Crippen molar-refractivity contribution in [1.82, 2.24) is 10.0 Å². The van der Waals surface area contributed by atoms with Gasteiger partial charge in [-0.2, -0.15) is 0 Å². The van der Waals surface area contributed by atoms with Crippen LogP contribution in [0.2, 0.25) is 0 Å². The molecule has 3 unspecified atom stereocenters. The summed E-state index contributed by atoms with van der Waals surface area (Å²) >= 11 is 0. The molecule has 1 fully saturated rings. The predicted molar refractivity (Wildman–Crippen MR) is 91.8 cm³/mol. The molecule has 6 nitrogen and oxygen atoms in total. The lowest BCUT2D eigenvalue weighted by Crippen LogP contribution is -2.32. The molecule has 1 aromatic carbocycles. The summed E-state index contributed by atoms with van der Waals surface area (Å²) in [5.41, 5.74) is 6.70. The minimum absolute atomic E-state index is 0. The van der Waals surface area contributed by atoms with Gasteiger partial charge in [-0.1, -0.05) is 12.1 Å². The molecule has 0 spiro atoms. The Bertz CT molecular complexity index is 634. The summed E-state index contributed by atoms with van der Waals surface area (Å²) in [5, 5.41) is 2.97. The van der Waals surface area contributed by atoms with Crippen LogP contribution in [0.1, 0.15) is 37.8 Å². The SMILES string of the molecule is CNS(=O)(=O)c1ccc(C(C)NC(=O)C2CCC(N)C2)cc1.Cl. The van der Waals surface area contributed by atoms with Crippen LogP contribution in [0.5, 0.6) is 0 Å². The number of hydrogen-bond donors (Lipinski definition) is 3. The Hall–Kier alpha value is -1.15. The topological polar surface area (TPSA) is 101 Å². The van der Waals surface area contributed by atoms with Crippen molar-refractivity contribution < 1.29 is 13.2 Å². The van der Waals surface area contributed by atoms with Crippen LogP contribution >= 0.6 is 12.4 Å². The van der Waals surface area contributed by atoms with Gasteiger partial charge in [0, 0.05) is 12.0 Å². The molecule has 23 heavy (non-hydrogen) atoms. The summed E-state index contributed by atoms with van der Waals surface area (Å²) in [5.74, 6) is 0.00812. The maximum Gasteiger partial charge on any atom is 0.240 e. The Balaban J connectivity index is 0.00000264. The van der Waals surface area contributed by atoms with Crippen LogP contribution in [0.3, 0.4) is 0 Å². The molecule has 4 N–H and O–H groups in total. The predicted octanol–water partition coefficient (Wildman–Crippen LogP) is 1.32. The van der Waals surface area contributed by atoms with Crippen molar-refractivity contribution in [3.05, 3.63) is 29.8 Å². The highest BCUT2D eigenvalue weighted by molar-refractivity contribution is 7.89. The van der Waals surface area contributed by atoms with Crippen LogP contribution in [0.4, 0.5) is 0 Å².